The van der Waals surface area contributed by atoms with E-state index in [1.165, 1.54) is 0 Å². The van der Waals surface area contributed by atoms with Crippen LogP contribution < -0.4 is 0 Å². The summed E-state index contributed by atoms with van der Waals surface area (Å²) >= 11 is 1.57. The van der Waals surface area contributed by atoms with Gasteiger partial charge in [0.05, 0.1) is 11.2 Å². The SMILES string of the molecule is Cc1cc2nc(Sc3nnc(-c4cccnc4)n3C3CC3)c3ccccc3n2n1. The van der Waals surface area contributed by atoms with Gasteiger partial charge < -0.3 is 0 Å². The molecule has 7 nitrogen and oxygen atoms in total. The van der Waals surface area contributed by atoms with Crippen molar-refractivity contribution in [1.82, 2.24) is 34.3 Å². The number of pyridine rings is 1. The lowest BCUT2D eigenvalue weighted by atomic mass is 10.2. The lowest BCUT2D eigenvalue weighted by Crippen LogP contribution is -2.01. The van der Waals surface area contributed by atoms with Crippen LogP contribution in [0.25, 0.3) is 27.9 Å². The number of aryl methyl sites for hydroxylation is 1. The fraction of sp³-hybridized carbons (Fsp3) is 0.190. The number of aromatic nitrogens is 7. The normalized spacial score (nSPS) is 14.1. The van der Waals surface area contributed by atoms with Crippen LogP contribution in [0.1, 0.15) is 24.6 Å². The van der Waals surface area contributed by atoms with Gasteiger partial charge in [-0.05, 0) is 49.7 Å². The van der Waals surface area contributed by atoms with Crippen LogP contribution in [0.15, 0.2) is 65.0 Å². The van der Waals surface area contributed by atoms with Gasteiger partial charge in [0.15, 0.2) is 16.6 Å². The van der Waals surface area contributed by atoms with Gasteiger partial charge in [-0.2, -0.15) is 5.10 Å². The number of benzene rings is 1. The Balaban J connectivity index is 1.51. The molecule has 0 aliphatic heterocycles. The minimum absolute atomic E-state index is 0.440. The lowest BCUT2D eigenvalue weighted by Gasteiger charge is -2.10. The van der Waals surface area contributed by atoms with Gasteiger partial charge in [-0.15, -0.1) is 10.2 Å². The molecule has 0 bridgehead atoms. The van der Waals surface area contributed by atoms with Crippen LogP contribution in [-0.4, -0.2) is 34.3 Å². The van der Waals surface area contributed by atoms with Gasteiger partial charge in [-0.25, -0.2) is 9.50 Å². The Morgan fingerprint density at radius 2 is 1.97 bits per heavy atom. The first kappa shape index (κ1) is 16.7. The molecular formula is C21H17N7S. The molecule has 0 saturated heterocycles. The molecule has 1 aromatic carbocycles. The van der Waals surface area contributed by atoms with Gasteiger partial charge in [-0.3, -0.25) is 9.55 Å². The predicted octanol–water partition coefficient (Wildman–Crippen LogP) is 4.33. The maximum atomic E-state index is 4.89. The first-order chi connectivity index (χ1) is 14.3. The number of nitrogens with zero attached hydrogens (tertiary/aromatic N) is 7. The third-order valence-electron chi connectivity index (χ3n) is 5.08. The van der Waals surface area contributed by atoms with E-state index in [4.69, 9.17) is 4.98 Å². The number of hydrogen-bond acceptors (Lipinski definition) is 6. The van der Waals surface area contributed by atoms with Crippen molar-refractivity contribution in [3.05, 3.63) is 60.6 Å². The standard InChI is InChI=1S/C21H17N7S/c1-13-11-18-23-20(16-6-2-3-7-17(16)28(18)26-13)29-21-25-24-19(27(21)15-8-9-15)14-5-4-10-22-12-14/h2-7,10-12,15H,8-9H2,1H3. The monoisotopic (exact) mass is 399 g/mol. The minimum Gasteiger partial charge on any atom is -0.299 e. The molecule has 1 fully saturated rings. The smallest absolute Gasteiger partial charge is 0.198 e. The van der Waals surface area contributed by atoms with Gasteiger partial charge in [0.1, 0.15) is 5.03 Å². The molecule has 0 amide bonds. The van der Waals surface area contributed by atoms with Crippen molar-refractivity contribution in [2.75, 3.05) is 0 Å². The maximum Gasteiger partial charge on any atom is 0.198 e. The number of fused-ring (bicyclic) bond motifs is 3. The van der Waals surface area contributed by atoms with Gasteiger partial charge >= 0.3 is 0 Å². The summed E-state index contributed by atoms with van der Waals surface area (Å²) < 4.78 is 4.14. The zero-order valence-corrected chi connectivity index (χ0v) is 16.5. The van der Waals surface area contributed by atoms with Crippen molar-refractivity contribution in [3.8, 4) is 11.4 Å². The van der Waals surface area contributed by atoms with Crippen LogP contribution in [0, 0.1) is 6.92 Å². The van der Waals surface area contributed by atoms with E-state index < -0.39 is 0 Å². The molecule has 0 atom stereocenters. The van der Waals surface area contributed by atoms with Crippen molar-refractivity contribution < 1.29 is 0 Å². The van der Waals surface area contributed by atoms with Gasteiger partial charge in [0.2, 0.25) is 0 Å². The Hall–Kier alpha value is -3.26. The van der Waals surface area contributed by atoms with Crippen molar-refractivity contribution in [2.24, 2.45) is 0 Å². The Morgan fingerprint density at radius 3 is 2.79 bits per heavy atom. The number of rotatable bonds is 4. The second-order valence-corrected chi connectivity index (χ2v) is 8.20. The molecule has 1 saturated carbocycles. The zero-order valence-electron chi connectivity index (χ0n) is 15.7. The van der Waals surface area contributed by atoms with Crippen LogP contribution in [0.4, 0.5) is 0 Å². The number of hydrogen-bond donors (Lipinski definition) is 0. The largest absolute Gasteiger partial charge is 0.299 e. The highest BCUT2D eigenvalue weighted by Gasteiger charge is 2.31. The average Bonchev–Trinajstić information content (AvgIpc) is 3.39. The van der Waals surface area contributed by atoms with E-state index in [1.807, 2.05) is 48.0 Å². The molecule has 6 rings (SSSR count). The summed E-state index contributed by atoms with van der Waals surface area (Å²) in [7, 11) is 0. The van der Waals surface area contributed by atoms with Crippen LogP contribution in [-0.2, 0) is 0 Å². The minimum atomic E-state index is 0.440. The van der Waals surface area contributed by atoms with Crippen molar-refractivity contribution in [1.29, 1.82) is 0 Å². The van der Waals surface area contributed by atoms with E-state index in [1.54, 1.807) is 18.0 Å². The maximum absolute atomic E-state index is 4.89. The summed E-state index contributed by atoms with van der Waals surface area (Å²) in [4.78, 5) is 9.13. The van der Waals surface area contributed by atoms with E-state index in [-0.39, 0.29) is 0 Å². The number of para-hydroxylation sites is 1. The second kappa shape index (κ2) is 6.38. The average molecular weight is 399 g/mol. The van der Waals surface area contributed by atoms with Crippen LogP contribution in [0.3, 0.4) is 0 Å². The van der Waals surface area contributed by atoms with E-state index >= 15 is 0 Å². The van der Waals surface area contributed by atoms with Crippen molar-refractivity contribution in [3.63, 3.8) is 0 Å². The van der Waals surface area contributed by atoms with Crippen molar-refractivity contribution in [2.45, 2.75) is 36.0 Å². The summed E-state index contributed by atoms with van der Waals surface area (Å²) in [5.74, 6) is 0.869. The lowest BCUT2D eigenvalue weighted by molar-refractivity contribution is 0.669. The molecule has 0 N–H and O–H groups in total. The van der Waals surface area contributed by atoms with E-state index in [9.17, 15) is 0 Å². The summed E-state index contributed by atoms with van der Waals surface area (Å²) in [6, 6.07) is 14.6. The molecule has 0 radical (unpaired) electrons. The zero-order chi connectivity index (χ0) is 19.4. The van der Waals surface area contributed by atoms with E-state index in [0.717, 1.165) is 56.7 Å². The highest BCUT2D eigenvalue weighted by atomic mass is 32.2. The predicted molar refractivity (Wildman–Crippen MR) is 111 cm³/mol. The Labute approximate surface area is 170 Å². The summed E-state index contributed by atoms with van der Waals surface area (Å²) in [5.41, 5.74) is 3.81. The molecule has 4 heterocycles. The van der Waals surface area contributed by atoms with Gasteiger partial charge in [-0.1, -0.05) is 18.2 Å². The Morgan fingerprint density at radius 1 is 1.07 bits per heavy atom. The molecule has 8 heteroatoms. The molecule has 1 aliphatic carbocycles. The topological polar surface area (TPSA) is 73.8 Å². The summed E-state index contributed by atoms with van der Waals surface area (Å²) in [5, 5.41) is 16.5. The molecular weight excluding hydrogens is 382 g/mol. The first-order valence-corrected chi connectivity index (χ1v) is 10.4. The van der Waals surface area contributed by atoms with Gasteiger partial charge in [0.25, 0.3) is 0 Å². The molecule has 0 spiro atoms. The molecule has 4 aromatic heterocycles. The quantitative estimate of drug-likeness (QED) is 0.419. The Bertz CT molecular complexity index is 1350. The van der Waals surface area contributed by atoms with Crippen LogP contribution in [0.2, 0.25) is 0 Å². The van der Waals surface area contributed by atoms with Crippen molar-refractivity contribution >= 4 is 28.3 Å². The molecule has 142 valence electrons. The fourth-order valence-corrected chi connectivity index (χ4v) is 4.62. The van der Waals surface area contributed by atoms with E-state index in [2.05, 4.69) is 37.0 Å². The van der Waals surface area contributed by atoms with Gasteiger partial charge in [0, 0.05) is 35.5 Å². The highest BCUT2D eigenvalue weighted by Crippen LogP contribution is 2.43. The summed E-state index contributed by atoms with van der Waals surface area (Å²) in [6.07, 6.45) is 5.91. The third kappa shape index (κ3) is 2.79. The second-order valence-electron chi connectivity index (χ2n) is 7.24. The summed E-state index contributed by atoms with van der Waals surface area (Å²) in [6.45, 7) is 1.99. The third-order valence-corrected chi connectivity index (χ3v) is 6.04. The van der Waals surface area contributed by atoms with Crippen LogP contribution in [0.5, 0.6) is 0 Å². The first-order valence-electron chi connectivity index (χ1n) is 9.56. The molecule has 0 unspecified atom stereocenters. The van der Waals surface area contributed by atoms with Crippen LogP contribution >= 0.6 is 11.8 Å². The highest BCUT2D eigenvalue weighted by molar-refractivity contribution is 7.99. The van der Waals surface area contributed by atoms with E-state index in [0.29, 0.717) is 6.04 Å². The molecule has 29 heavy (non-hydrogen) atoms. The fourth-order valence-electron chi connectivity index (χ4n) is 3.61. The molecule has 5 aromatic rings. The Kier molecular flexibility index (Phi) is 3.67. The molecule has 1 aliphatic rings.